The average molecular weight is 454 g/mol. The molecule has 1 rings (SSSR count). The van der Waals surface area contributed by atoms with E-state index in [9.17, 15) is 4.79 Å². The van der Waals surface area contributed by atoms with Crippen LogP contribution < -0.4 is 10.6 Å². The van der Waals surface area contributed by atoms with Gasteiger partial charge in [0.15, 0.2) is 5.96 Å². The predicted octanol–water partition coefficient (Wildman–Crippen LogP) is 2.23. The molecule has 0 aromatic rings. The average Bonchev–Trinajstić information content (AvgIpc) is 2.55. The third-order valence-electron chi connectivity index (χ3n) is 3.63. The first kappa shape index (κ1) is 23.4. The van der Waals surface area contributed by atoms with Gasteiger partial charge in [-0.1, -0.05) is 13.8 Å². The quantitative estimate of drug-likeness (QED) is 0.243. The highest BCUT2D eigenvalue weighted by Gasteiger charge is 2.15. The van der Waals surface area contributed by atoms with Crippen molar-refractivity contribution < 1.29 is 9.53 Å². The number of carbonyl (C=O) groups is 1. The molecule has 2 N–H and O–H groups in total. The van der Waals surface area contributed by atoms with E-state index in [0.717, 1.165) is 58.7 Å². The van der Waals surface area contributed by atoms with E-state index >= 15 is 0 Å². The van der Waals surface area contributed by atoms with Crippen LogP contribution in [0.25, 0.3) is 0 Å². The van der Waals surface area contributed by atoms with Crippen molar-refractivity contribution in [1.82, 2.24) is 15.5 Å². The molecule has 1 saturated heterocycles. The molecule has 1 aliphatic rings. The van der Waals surface area contributed by atoms with Crippen LogP contribution in [-0.4, -0.2) is 62.7 Å². The van der Waals surface area contributed by atoms with Crippen molar-refractivity contribution in [2.24, 2.45) is 10.9 Å². The summed E-state index contributed by atoms with van der Waals surface area (Å²) in [4.78, 5) is 18.5. The Kier molecular flexibility index (Phi) is 14.4. The van der Waals surface area contributed by atoms with Crippen molar-refractivity contribution in [3.63, 3.8) is 0 Å². The van der Waals surface area contributed by atoms with E-state index in [-0.39, 0.29) is 36.4 Å². The summed E-state index contributed by atoms with van der Waals surface area (Å²) in [7, 11) is 0. The Hall–Kier alpha value is -0.570. The summed E-state index contributed by atoms with van der Waals surface area (Å²) in [6.45, 7) is 11.4. The van der Waals surface area contributed by atoms with Gasteiger partial charge in [0.25, 0.3) is 0 Å². The minimum Gasteiger partial charge on any atom is -0.381 e. The van der Waals surface area contributed by atoms with E-state index in [1.54, 1.807) is 0 Å². The molecule has 24 heavy (non-hydrogen) atoms. The molecule has 142 valence electrons. The molecule has 1 heterocycles. The van der Waals surface area contributed by atoms with Crippen molar-refractivity contribution in [2.45, 2.75) is 46.5 Å². The van der Waals surface area contributed by atoms with E-state index in [1.807, 2.05) is 11.8 Å². The molecule has 0 atom stereocenters. The number of likely N-dealkylation sites (tertiary alicyclic amines) is 1. The Morgan fingerprint density at radius 2 is 1.92 bits per heavy atom. The van der Waals surface area contributed by atoms with Gasteiger partial charge in [0.1, 0.15) is 6.54 Å². The van der Waals surface area contributed by atoms with Gasteiger partial charge in [0, 0.05) is 39.4 Å². The van der Waals surface area contributed by atoms with Crippen LogP contribution in [0, 0.1) is 5.92 Å². The highest BCUT2D eigenvalue weighted by Crippen LogP contribution is 2.08. The van der Waals surface area contributed by atoms with Gasteiger partial charge in [-0.05, 0) is 38.5 Å². The number of hydrogen-bond donors (Lipinski definition) is 2. The lowest BCUT2D eigenvalue weighted by Gasteiger charge is -2.26. The van der Waals surface area contributed by atoms with Gasteiger partial charge in [0.05, 0.1) is 0 Å². The molecule has 0 aromatic carbocycles. The number of carbonyl (C=O) groups excluding carboxylic acids is 1. The number of piperidine rings is 1. The van der Waals surface area contributed by atoms with E-state index in [0.29, 0.717) is 11.9 Å². The maximum Gasteiger partial charge on any atom is 0.244 e. The summed E-state index contributed by atoms with van der Waals surface area (Å²) in [6, 6.07) is 0. The van der Waals surface area contributed by atoms with Crippen LogP contribution in [0.2, 0.25) is 0 Å². The Morgan fingerprint density at radius 1 is 1.21 bits per heavy atom. The van der Waals surface area contributed by atoms with Crippen molar-refractivity contribution in [1.29, 1.82) is 0 Å². The second-order valence-corrected chi connectivity index (χ2v) is 6.39. The number of halogens is 1. The molecule has 1 aliphatic heterocycles. The Balaban J connectivity index is 0.00000529. The Labute approximate surface area is 164 Å². The Bertz CT molecular complexity index is 358. The fraction of sp³-hybridized carbons (Fsp3) is 0.882. The molecule has 0 spiro atoms. The second-order valence-electron chi connectivity index (χ2n) is 6.39. The fourth-order valence-electron chi connectivity index (χ4n) is 2.43. The summed E-state index contributed by atoms with van der Waals surface area (Å²) in [5, 5.41) is 6.43. The topological polar surface area (TPSA) is 66.0 Å². The van der Waals surface area contributed by atoms with E-state index in [4.69, 9.17) is 4.74 Å². The van der Waals surface area contributed by atoms with Crippen LogP contribution in [0.15, 0.2) is 4.99 Å². The third-order valence-corrected chi connectivity index (χ3v) is 3.63. The number of rotatable bonds is 9. The minimum atomic E-state index is 0. The van der Waals surface area contributed by atoms with Crippen molar-refractivity contribution >= 4 is 35.8 Å². The van der Waals surface area contributed by atoms with Crippen LogP contribution in [0.3, 0.4) is 0 Å². The summed E-state index contributed by atoms with van der Waals surface area (Å²) in [6.07, 6.45) is 4.39. The Morgan fingerprint density at radius 3 is 2.54 bits per heavy atom. The van der Waals surface area contributed by atoms with Crippen LogP contribution in [0.4, 0.5) is 0 Å². The molecular weight excluding hydrogens is 419 g/mol. The molecule has 0 aromatic heterocycles. The van der Waals surface area contributed by atoms with Crippen molar-refractivity contribution in [3.8, 4) is 0 Å². The number of nitrogens with zero attached hydrogens (tertiary/aromatic N) is 2. The first-order chi connectivity index (χ1) is 11.1. The monoisotopic (exact) mass is 454 g/mol. The van der Waals surface area contributed by atoms with Crippen LogP contribution >= 0.6 is 24.0 Å². The predicted molar refractivity (Wildman–Crippen MR) is 110 cm³/mol. The number of ether oxygens (including phenoxy) is 1. The molecule has 0 aliphatic carbocycles. The zero-order valence-corrected chi connectivity index (χ0v) is 17.8. The van der Waals surface area contributed by atoms with Gasteiger partial charge in [0.2, 0.25) is 5.91 Å². The van der Waals surface area contributed by atoms with Crippen molar-refractivity contribution in [3.05, 3.63) is 0 Å². The summed E-state index contributed by atoms with van der Waals surface area (Å²) >= 11 is 0. The van der Waals surface area contributed by atoms with Crippen LogP contribution in [-0.2, 0) is 9.53 Å². The highest BCUT2D eigenvalue weighted by atomic mass is 127. The third kappa shape index (κ3) is 11.1. The summed E-state index contributed by atoms with van der Waals surface area (Å²) in [5.41, 5.74) is 0. The SMILES string of the molecule is CCNC(=NCC(=O)N1CCCCC1)NCCCOCC(C)C.I. The lowest BCUT2D eigenvalue weighted by atomic mass is 10.1. The first-order valence-electron chi connectivity index (χ1n) is 9.01. The van der Waals surface area contributed by atoms with Gasteiger partial charge in [-0.3, -0.25) is 4.79 Å². The molecular formula is C17H35IN4O2. The van der Waals surface area contributed by atoms with Crippen molar-refractivity contribution in [2.75, 3.05) is 45.9 Å². The van der Waals surface area contributed by atoms with E-state index in [2.05, 4.69) is 29.5 Å². The summed E-state index contributed by atoms with van der Waals surface area (Å²) < 4.78 is 5.55. The molecule has 0 radical (unpaired) electrons. The second kappa shape index (κ2) is 14.7. The lowest BCUT2D eigenvalue weighted by molar-refractivity contribution is -0.130. The first-order valence-corrected chi connectivity index (χ1v) is 9.01. The van der Waals surface area contributed by atoms with Gasteiger partial charge >= 0.3 is 0 Å². The lowest BCUT2D eigenvalue weighted by Crippen LogP contribution is -2.40. The molecule has 0 bridgehead atoms. The van der Waals surface area contributed by atoms with Gasteiger partial charge in [-0.25, -0.2) is 4.99 Å². The van der Waals surface area contributed by atoms with Crippen LogP contribution in [0.1, 0.15) is 46.5 Å². The highest BCUT2D eigenvalue weighted by molar-refractivity contribution is 14.0. The molecule has 1 fully saturated rings. The molecule has 1 amide bonds. The largest absolute Gasteiger partial charge is 0.381 e. The number of amides is 1. The molecule has 0 unspecified atom stereocenters. The number of nitrogens with one attached hydrogen (secondary N) is 2. The number of guanidine groups is 1. The normalized spacial score (nSPS) is 15.2. The minimum absolute atomic E-state index is 0. The van der Waals surface area contributed by atoms with Gasteiger partial charge in [-0.2, -0.15) is 0 Å². The number of hydrogen-bond acceptors (Lipinski definition) is 3. The van der Waals surface area contributed by atoms with E-state index < -0.39 is 0 Å². The zero-order valence-electron chi connectivity index (χ0n) is 15.5. The van der Waals surface area contributed by atoms with Gasteiger partial charge < -0.3 is 20.3 Å². The smallest absolute Gasteiger partial charge is 0.244 e. The summed E-state index contributed by atoms with van der Waals surface area (Å²) in [5.74, 6) is 1.41. The maximum absolute atomic E-state index is 12.1. The van der Waals surface area contributed by atoms with Crippen LogP contribution in [0.5, 0.6) is 0 Å². The fourth-order valence-corrected chi connectivity index (χ4v) is 2.43. The number of aliphatic imine (C=N–C) groups is 1. The zero-order chi connectivity index (χ0) is 16.9. The molecule has 0 saturated carbocycles. The molecule has 6 nitrogen and oxygen atoms in total. The molecule has 7 heteroatoms. The standard InChI is InChI=1S/C17H34N4O2.HI/c1-4-18-17(19-9-8-12-23-14-15(2)3)20-13-16(22)21-10-6-5-7-11-21;/h15H,4-14H2,1-3H3,(H2,18,19,20);1H. The van der Waals surface area contributed by atoms with E-state index in [1.165, 1.54) is 6.42 Å². The van der Waals surface area contributed by atoms with Gasteiger partial charge in [-0.15, -0.1) is 24.0 Å². The maximum atomic E-state index is 12.1.